The van der Waals surface area contributed by atoms with Gasteiger partial charge >= 0.3 is 11.9 Å². The van der Waals surface area contributed by atoms with E-state index >= 15 is 0 Å². The molecule has 0 aliphatic rings. The number of carbonyl (C=O) groups is 2. The Morgan fingerprint density at radius 1 is 1.21 bits per heavy atom. The van der Waals surface area contributed by atoms with Crippen LogP contribution in [0.1, 0.15) is 38.2 Å². The molecule has 0 amide bonds. The van der Waals surface area contributed by atoms with Crippen LogP contribution in [0.25, 0.3) is 0 Å². The predicted octanol–water partition coefficient (Wildman–Crippen LogP) is 1.05. The van der Waals surface area contributed by atoms with Gasteiger partial charge in [-0.3, -0.25) is 10.6 Å². The number of nitrogens with two attached hydrogens (primary N) is 1. The summed E-state index contributed by atoms with van der Waals surface area (Å²) in [6, 6.07) is 4.25. The van der Waals surface area contributed by atoms with Gasteiger partial charge in [0.15, 0.2) is 11.5 Å². The number of hydrogen-bond donors (Lipinski definition) is 5. The minimum Gasteiger partial charge on any atom is -0.504 e. The molecule has 0 spiro atoms. The van der Waals surface area contributed by atoms with Gasteiger partial charge in [0, 0.05) is 12.8 Å². The smallest absolute Gasteiger partial charge is 0.327 e. The number of ether oxygens (including phenoxy) is 1. The molecule has 1 aromatic carbocycles. The third-order valence-corrected chi connectivity index (χ3v) is 3.63. The molecule has 1 atom stereocenters. The maximum atomic E-state index is 12.2. The number of nitrogens with one attached hydrogen (secondary N) is 1. The summed E-state index contributed by atoms with van der Waals surface area (Å²) in [5, 5.41) is 27.4. The van der Waals surface area contributed by atoms with Crippen LogP contribution in [0.4, 0.5) is 0 Å². The highest BCUT2D eigenvalue weighted by molar-refractivity contribution is 5.80. The molecule has 0 heterocycles. The Labute approximate surface area is 140 Å². The summed E-state index contributed by atoms with van der Waals surface area (Å²) in [7, 11) is 0. The average molecular weight is 340 g/mol. The van der Waals surface area contributed by atoms with Gasteiger partial charge in [-0.15, -0.1) is 0 Å². The molecule has 6 N–H and O–H groups in total. The van der Waals surface area contributed by atoms with E-state index in [2.05, 4.69) is 5.43 Å². The third-order valence-electron chi connectivity index (χ3n) is 3.63. The summed E-state index contributed by atoms with van der Waals surface area (Å²) in [6.07, 6.45) is 2.01. The van der Waals surface area contributed by atoms with Crippen molar-refractivity contribution in [1.82, 2.24) is 5.43 Å². The quantitative estimate of drug-likeness (QED) is 0.140. The van der Waals surface area contributed by atoms with Crippen molar-refractivity contribution in [2.24, 2.45) is 5.84 Å². The first kappa shape index (κ1) is 19.7. The van der Waals surface area contributed by atoms with E-state index < -0.39 is 17.5 Å². The number of hydrogen-bond acceptors (Lipinski definition) is 7. The summed E-state index contributed by atoms with van der Waals surface area (Å²) in [5.74, 6) is 3.57. The summed E-state index contributed by atoms with van der Waals surface area (Å²) in [6.45, 7) is 1.75. The molecule has 0 saturated carbocycles. The van der Waals surface area contributed by atoms with Gasteiger partial charge < -0.3 is 20.1 Å². The van der Waals surface area contributed by atoms with Crippen LogP contribution in [0.5, 0.6) is 11.5 Å². The van der Waals surface area contributed by atoms with Gasteiger partial charge in [-0.25, -0.2) is 10.2 Å². The van der Waals surface area contributed by atoms with Gasteiger partial charge in [0.1, 0.15) is 5.54 Å². The van der Waals surface area contributed by atoms with Crippen LogP contribution in [-0.4, -0.2) is 39.4 Å². The Bertz CT molecular complexity index is 578. The highest BCUT2D eigenvalue weighted by Crippen LogP contribution is 2.27. The Kier molecular flexibility index (Phi) is 7.47. The van der Waals surface area contributed by atoms with E-state index in [9.17, 15) is 19.8 Å². The van der Waals surface area contributed by atoms with Crippen LogP contribution >= 0.6 is 0 Å². The van der Waals surface area contributed by atoms with E-state index in [0.717, 1.165) is 0 Å². The lowest BCUT2D eigenvalue weighted by Crippen LogP contribution is -2.55. The van der Waals surface area contributed by atoms with E-state index in [1.165, 1.54) is 12.1 Å². The lowest BCUT2D eigenvalue weighted by Gasteiger charge is -2.26. The second kappa shape index (κ2) is 9.09. The Morgan fingerprint density at radius 3 is 2.50 bits per heavy atom. The zero-order valence-electron chi connectivity index (χ0n) is 13.6. The lowest BCUT2D eigenvalue weighted by molar-refractivity contribution is -0.151. The third kappa shape index (κ3) is 6.05. The van der Waals surface area contributed by atoms with Gasteiger partial charge in [0.2, 0.25) is 0 Å². The molecule has 8 heteroatoms. The fourth-order valence-electron chi connectivity index (χ4n) is 2.15. The molecule has 0 bridgehead atoms. The second-order valence-electron chi connectivity index (χ2n) is 5.82. The summed E-state index contributed by atoms with van der Waals surface area (Å²) in [4.78, 5) is 22.6. The van der Waals surface area contributed by atoms with E-state index in [0.29, 0.717) is 24.8 Å². The maximum absolute atomic E-state index is 12.2. The van der Waals surface area contributed by atoms with Crippen molar-refractivity contribution in [3.05, 3.63) is 23.8 Å². The van der Waals surface area contributed by atoms with Crippen molar-refractivity contribution >= 4 is 11.9 Å². The molecule has 0 radical (unpaired) electrons. The van der Waals surface area contributed by atoms with Crippen molar-refractivity contribution in [2.45, 2.75) is 44.6 Å². The van der Waals surface area contributed by atoms with E-state index in [1.807, 2.05) is 0 Å². The van der Waals surface area contributed by atoms with E-state index in [-0.39, 0.29) is 30.9 Å². The van der Waals surface area contributed by atoms with Crippen LogP contribution in [0.15, 0.2) is 18.2 Å². The second-order valence-corrected chi connectivity index (χ2v) is 5.82. The molecule has 1 rings (SSSR count). The SMILES string of the molecule is CC(Cc1ccc(O)c(O)c1)(NN)C(=O)OCCCCCC(=O)O. The summed E-state index contributed by atoms with van der Waals surface area (Å²) >= 11 is 0. The number of hydrazine groups is 1. The normalized spacial score (nSPS) is 13.2. The molecule has 0 aliphatic carbocycles. The largest absolute Gasteiger partial charge is 0.504 e. The molecule has 0 aromatic heterocycles. The number of unbranched alkanes of at least 4 members (excludes halogenated alkanes) is 2. The molecule has 1 aromatic rings. The minimum absolute atomic E-state index is 0.0976. The number of aliphatic carboxylic acids is 1. The van der Waals surface area contributed by atoms with E-state index in [1.54, 1.807) is 13.0 Å². The van der Waals surface area contributed by atoms with Crippen molar-refractivity contribution < 1.29 is 29.6 Å². The van der Waals surface area contributed by atoms with Crippen LogP contribution < -0.4 is 11.3 Å². The standard InChI is InChI=1S/C16H24N2O6/c1-16(18-17,10-11-6-7-12(19)13(20)9-11)15(23)24-8-4-2-3-5-14(21)22/h6-7,9,18-20H,2-5,8,10,17H2,1H3,(H,21,22). The van der Waals surface area contributed by atoms with Gasteiger partial charge in [-0.2, -0.15) is 0 Å². The first-order valence-electron chi connectivity index (χ1n) is 7.66. The predicted molar refractivity (Wildman–Crippen MR) is 86.3 cm³/mol. The Hall–Kier alpha value is -2.32. The number of carboxylic acid groups (broad SMARTS) is 1. The van der Waals surface area contributed by atoms with Gasteiger partial charge in [-0.1, -0.05) is 6.07 Å². The molecule has 0 saturated heterocycles. The average Bonchev–Trinajstić information content (AvgIpc) is 2.53. The zero-order chi connectivity index (χ0) is 18.2. The first-order valence-corrected chi connectivity index (χ1v) is 7.66. The van der Waals surface area contributed by atoms with Crippen LogP contribution in [0, 0.1) is 0 Å². The number of carboxylic acids is 1. The topological polar surface area (TPSA) is 142 Å². The lowest BCUT2D eigenvalue weighted by atomic mass is 9.93. The Balaban J connectivity index is 2.51. The highest BCUT2D eigenvalue weighted by Gasteiger charge is 2.34. The van der Waals surface area contributed by atoms with Gasteiger partial charge in [-0.05, 0) is 43.9 Å². The molecule has 24 heavy (non-hydrogen) atoms. The monoisotopic (exact) mass is 340 g/mol. The number of phenols is 2. The molecule has 8 nitrogen and oxygen atoms in total. The van der Waals surface area contributed by atoms with Crippen LogP contribution in [0.3, 0.4) is 0 Å². The number of esters is 1. The van der Waals surface area contributed by atoms with Crippen LogP contribution in [0.2, 0.25) is 0 Å². The number of aromatic hydroxyl groups is 2. The molecule has 0 aliphatic heterocycles. The number of phenolic OH excluding ortho intramolecular Hbond substituents is 2. The molecule has 0 fully saturated rings. The molecular weight excluding hydrogens is 316 g/mol. The van der Waals surface area contributed by atoms with Gasteiger partial charge in [0.25, 0.3) is 0 Å². The molecule has 1 unspecified atom stereocenters. The van der Waals surface area contributed by atoms with Crippen molar-refractivity contribution in [2.75, 3.05) is 6.61 Å². The maximum Gasteiger partial charge on any atom is 0.327 e. The highest BCUT2D eigenvalue weighted by atomic mass is 16.5. The fourth-order valence-corrected chi connectivity index (χ4v) is 2.15. The summed E-state index contributed by atoms with van der Waals surface area (Å²) < 4.78 is 5.19. The van der Waals surface area contributed by atoms with E-state index in [4.69, 9.17) is 15.7 Å². The first-order chi connectivity index (χ1) is 11.3. The van der Waals surface area contributed by atoms with Gasteiger partial charge in [0.05, 0.1) is 6.61 Å². The molecule has 134 valence electrons. The number of carbonyl (C=O) groups excluding carboxylic acids is 1. The van der Waals surface area contributed by atoms with Crippen molar-refractivity contribution in [1.29, 1.82) is 0 Å². The zero-order valence-corrected chi connectivity index (χ0v) is 13.6. The fraction of sp³-hybridized carbons (Fsp3) is 0.500. The summed E-state index contributed by atoms with van der Waals surface area (Å²) in [5.41, 5.74) is 1.84. The van der Waals surface area contributed by atoms with Crippen molar-refractivity contribution in [3.63, 3.8) is 0 Å². The van der Waals surface area contributed by atoms with Crippen LogP contribution in [-0.2, 0) is 20.7 Å². The number of benzene rings is 1. The van der Waals surface area contributed by atoms with Crippen molar-refractivity contribution in [3.8, 4) is 11.5 Å². The minimum atomic E-state index is -1.19. The molecular formula is C16H24N2O6. The number of rotatable bonds is 10. The Morgan fingerprint density at radius 2 is 1.92 bits per heavy atom.